The number of benzene rings is 2. The maximum Gasteiger partial charge on any atom is 0.226 e. The normalized spacial score (nSPS) is 14.8. The molecule has 0 bridgehead atoms. The van der Waals surface area contributed by atoms with Crippen LogP contribution in [0.5, 0.6) is 0 Å². The van der Waals surface area contributed by atoms with Crippen molar-refractivity contribution in [3.63, 3.8) is 0 Å². The molecule has 0 saturated heterocycles. The minimum absolute atomic E-state index is 0.115. The van der Waals surface area contributed by atoms with Crippen LogP contribution < -0.4 is 0 Å². The van der Waals surface area contributed by atoms with Crippen molar-refractivity contribution in [2.24, 2.45) is 0 Å². The fraction of sp³-hybridized carbons (Fsp3) is 0.320. The van der Waals surface area contributed by atoms with Crippen molar-refractivity contribution in [1.82, 2.24) is 9.21 Å². The number of rotatable bonds is 8. The Morgan fingerprint density at radius 2 is 1.73 bits per heavy atom. The van der Waals surface area contributed by atoms with Crippen molar-refractivity contribution in [3.8, 4) is 0 Å². The summed E-state index contributed by atoms with van der Waals surface area (Å²) in [5.41, 5.74) is 5.39. The summed E-state index contributed by atoms with van der Waals surface area (Å²) in [6.45, 7) is 2.44. The molecule has 0 radical (unpaired) electrons. The largest absolute Gasteiger partial charge is 0.344 e. The third-order valence-corrected chi connectivity index (χ3v) is 8.01. The van der Waals surface area contributed by atoms with E-state index in [1.165, 1.54) is 33.3 Å². The highest BCUT2D eigenvalue weighted by molar-refractivity contribution is 7.98. The molecular formula is C25H29FN2O3S2. The molecule has 0 heterocycles. The topological polar surface area (TPSA) is 57.7 Å². The summed E-state index contributed by atoms with van der Waals surface area (Å²) < 4.78 is 38.5. The van der Waals surface area contributed by atoms with Gasteiger partial charge in [-0.2, -0.15) is 0 Å². The van der Waals surface area contributed by atoms with Crippen molar-refractivity contribution in [2.75, 3.05) is 39.7 Å². The van der Waals surface area contributed by atoms with E-state index in [1.54, 1.807) is 24.9 Å². The van der Waals surface area contributed by atoms with Gasteiger partial charge in [0.25, 0.3) is 0 Å². The maximum atomic E-state index is 14.1. The molecule has 5 nitrogen and oxygen atoms in total. The SMILES string of the molecule is CSc1ccc(/C=C2/C(C)=C(CC(=O)N(C)CCN(C)S(C)(=O)=O)c3cc(F)ccc32)cc1. The molecule has 2 aromatic rings. The molecule has 0 aromatic heterocycles. The second kappa shape index (κ2) is 10.2. The molecule has 0 spiro atoms. The van der Waals surface area contributed by atoms with E-state index in [2.05, 4.69) is 18.2 Å². The molecular weight excluding hydrogens is 459 g/mol. The molecule has 0 N–H and O–H groups in total. The summed E-state index contributed by atoms with van der Waals surface area (Å²) in [5, 5.41) is 0. The molecule has 0 unspecified atom stereocenters. The van der Waals surface area contributed by atoms with Gasteiger partial charge < -0.3 is 4.90 Å². The summed E-state index contributed by atoms with van der Waals surface area (Å²) in [6.07, 6.45) is 5.35. The second-order valence-electron chi connectivity index (χ2n) is 8.20. The van der Waals surface area contributed by atoms with Gasteiger partial charge in [-0.15, -0.1) is 11.8 Å². The molecule has 1 amide bonds. The number of nitrogens with zero attached hydrogens (tertiary/aromatic N) is 2. The van der Waals surface area contributed by atoms with Gasteiger partial charge in [-0.1, -0.05) is 18.2 Å². The average molecular weight is 489 g/mol. The van der Waals surface area contributed by atoms with E-state index in [0.29, 0.717) is 0 Å². The Balaban J connectivity index is 1.87. The number of carbonyl (C=O) groups is 1. The number of carbonyl (C=O) groups excluding carboxylic acids is 1. The van der Waals surface area contributed by atoms with Crippen molar-refractivity contribution < 1.29 is 17.6 Å². The smallest absolute Gasteiger partial charge is 0.226 e. The van der Waals surface area contributed by atoms with Gasteiger partial charge in [-0.3, -0.25) is 4.79 Å². The Morgan fingerprint density at radius 1 is 1.06 bits per heavy atom. The predicted octanol–water partition coefficient (Wildman–Crippen LogP) is 4.62. The quantitative estimate of drug-likeness (QED) is 0.509. The Hall–Kier alpha value is -2.42. The third kappa shape index (κ3) is 5.93. The van der Waals surface area contributed by atoms with E-state index >= 15 is 0 Å². The van der Waals surface area contributed by atoms with Crippen LogP contribution in [0.3, 0.4) is 0 Å². The van der Waals surface area contributed by atoms with Gasteiger partial charge in [0.15, 0.2) is 0 Å². The molecule has 2 aromatic carbocycles. The van der Waals surface area contributed by atoms with Gasteiger partial charge >= 0.3 is 0 Å². The molecule has 1 aliphatic rings. The van der Waals surface area contributed by atoms with E-state index < -0.39 is 10.0 Å². The first kappa shape index (κ1) is 25.2. The third-order valence-electron chi connectivity index (χ3n) is 5.95. The first-order valence-corrected chi connectivity index (χ1v) is 13.6. The minimum Gasteiger partial charge on any atom is -0.344 e. The van der Waals surface area contributed by atoms with Crippen molar-refractivity contribution in [3.05, 3.63) is 70.5 Å². The van der Waals surface area contributed by atoms with E-state index in [-0.39, 0.29) is 31.2 Å². The molecule has 0 saturated carbocycles. The molecule has 176 valence electrons. The lowest BCUT2D eigenvalue weighted by Gasteiger charge is -2.21. The number of halogens is 1. The van der Waals surface area contributed by atoms with Gasteiger partial charge in [-0.05, 0) is 76.9 Å². The van der Waals surface area contributed by atoms with Crippen LogP contribution in [0.1, 0.15) is 30.0 Å². The number of likely N-dealkylation sites (N-methyl/N-ethyl adjacent to an activating group) is 2. The molecule has 0 fully saturated rings. The zero-order valence-corrected chi connectivity index (χ0v) is 21.2. The van der Waals surface area contributed by atoms with E-state index in [0.717, 1.165) is 39.7 Å². The first-order valence-electron chi connectivity index (χ1n) is 10.5. The highest BCUT2D eigenvalue weighted by Crippen LogP contribution is 2.44. The molecule has 3 rings (SSSR count). The Labute approximate surface area is 200 Å². The van der Waals surface area contributed by atoms with Crippen LogP contribution in [0.4, 0.5) is 4.39 Å². The van der Waals surface area contributed by atoms with E-state index in [4.69, 9.17) is 0 Å². The van der Waals surface area contributed by atoms with Crippen LogP contribution in [0.25, 0.3) is 17.2 Å². The highest BCUT2D eigenvalue weighted by Gasteiger charge is 2.27. The number of amides is 1. The summed E-state index contributed by atoms with van der Waals surface area (Å²) in [5.74, 6) is -0.493. The number of fused-ring (bicyclic) bond motifs is 1. The lowest BCUT2D eigenvalue weighted by Crippen LogP contribution is -2.36. The Kier molecular flexibility index (Phi) is 7.82. The standard InChI is InChI=1S/C25H29FN2O3S2/c1-17-22(14-18-6-9-20(32-4)10-7-18)21-11-8-19(26)15-24(21)23(17)16-25(29)27(2)12-13-28(3)33(5,30)31/h6-11,14-15H,12-13,16H2,1-5H3/b22-14-. The summed E-state index contributed by atoms with van der Waals surface area (Å²) >= 11 is 1.68. The summed E-state index contributed by atoms with van der Waals surface area (Å²) in [7, 11) is -0.168. The fourth-order valence-corrected chi connectivity index (χ4v) is 4.54. The fourth-order valence-electron chi connectivity index (χ4n) is 3.72. The van der Waals surface area contributed by atoms with Crippen LogP contribution in [0.15, 0.2) is 52.9 Å². The van der Waals surface area contributed by atoms with Crippen LogP contribution in [-0.4, -0.2) is 63.2 Å². The van der Waals surface area contributed by atoms with E-state index in [9.17, 15) is 17.6 Å². The zero-order chi connectivity index (χ0) is 24.3. The number of allylic oxidation sites excluding steroid dienone is 2. The van der Waals surface area contributed by atoms with E-state index in [1.807, 2.05) is 25.3 Å². The number of thioether (sulfide) groups is 1. The average Bonchev–Trinajstić information content (AvgIpc) is 3.02. The van der Waals surface area contributed by atoms with Gasteiger partial charge in [0, 0.05) is 32.1 Å². The number of hydrogen-bond acceptors (Lipinski definition) is 4. The monoisotopic (exact) mass is 488 g/mol. The van der Waals surface area contributed by atoms with Crippen LogP contribution in [0.2, 0.25) is 0 Å². The zero-order valence-electron chi connectivity index (χ0n) is 19.6. The van der Waals surface area contributed by atoms with Crippen LogP contribution >= 0.6 is 11.8 Å². The lowest BCUT2D eigenvalue weighted by molar-refractivity contribution is -0.128. The van der Waals surface area contributed by atoms with Crippen LogP contribution in [-0.2, 0) is 14.8 Å². The van der Waals surface area contributed by atoms with Crippen molar-refractivity contribution in [1.29, 1.82) is 0 Å². The highest BCUT2D eigenvalue weighted by atomic mass is 32.2. The summed E-state index contributed by atoms with van der Waals surface area (Å²) in [6, 6.07) is 12.9. The molecule has 33 heavy (non-hydrogen) atoms. The minimum atomic E-state index is -3.31. The second-order valence-corrected chi connectivity index (χ2v) is 11.2. The first-order chi connectivity index (χ1) is 15.5. The van der Waals surface area contributed by atoms with Gasteiger partial charge in [-0.25, -0.2) is 17.1 Å². The van der Waals surface area contributed by atoms with Gasteiger partial charge in [0.1, 0.15) is 5.82 Å². The van der Waals surface area contributed by atoms with Crippen molar-refractivity contribution >= 4 is 44.9 Å². The molecule has 0 atom stereocenters. The van der Waals surface area contributed by atoms with Gasteiger partial charge in [0.2, 0.25) is 15.9 Å². The number of sulfonamides is 1. The van der Waals surface area contributed by atoms with Crippen molar-refractivity contribution in [2.45, 2.75) is 18.2 Å². The predicted molar refractivity (Wildman–Crippen MR) is 135 cm³/mol. The Bertz CT molecular complexity index is 1220. The van der Waals surface area contributed by atoms with Crippen LogP contribution in [0, 0.1) is 5.82 Å². The molecule has 8 heteroatoms. The molecule has 0 aliphatic heterocycles. The maximum absolute atomic E-state index is 14.1. The molecule has 1 aliphatic carbocycles. The lowest BCUT2D eigenvalue weighted by atomic mass is 10.0. The number of hydrogen-bond donors (Lipinski definition) is 0. The Morgan fingerprint density at radius 3 is 2.33 bits per heavy atom. The summed E-state index contributed by atoms with van der Waals surface area (Å²) in [4.78, 5) is 15.6. The van der Waals surface area contributed by atoms with Gasteiger partial charge in [0.05, 0.1) is 12.7 Å².